The van der Waals surface area contributed by atoms with E-state index in [1.54, 1.807) is 44.6 Å². The maximum absolute atomic E-state index is 12.2. The summed E-state index contributed by atoms with van der Waals surface area (Å²) in [7, 11) is -0.371. The van der Waals surface area contributed by atoms with Crippen LogP contribution in [0.1, 0.15) is 5.56 Å². The van der Waals surface area contributed by atoms with E-state index in [1.807, 2.05) is 12.1 Å². The third kappa shape index (κ3) is 4.58. The molecule has 1 N–H and O–H groups in total. The van der Waals surface area contributed by atoms with Gasteiger partial charge in [-0.15, -0.1) is 0 Å². The number of hydrogen-bond donors (Lipinski definition) is 1. The molecule has 23 heavy (non-hydrogen) atoms. The van der Waals surface area contributed by atoms with Gasteiger partial charge >= 0.3 is 0 Å². The lowest BCUT2D eigenvalue weighted by atomic mass is 10.1. The number of sulfonamides is 1. The standard InChI is InChI=1S/C16H18INO4S/c1-21-15-5-3-4-12(16(15)22-2)10-11-18-23(19,20)14-8-6-13(17)7-9-14/h3-9,18H,10-11H2,1-2H3. The first-order valence-corrected chi connectivity index (χ1v) is 9.49. The molecule has 124 valence electrons. The van der Waals surface area contributed by atoms with Gasteiger partial charge < -0.3 is 9.47 Å². The SMILES string of the molecule is COc1cccc(CCNS(=O)(=O)c2ccc(I)cc2)c1OC. The third-order valence-corrected chi connectivity index (χ3v) is 5.49. The summed E-state index contributed by atoms with van der Waals surface area (Å²) >= 11 is 2.13. The summed E-state index contributed by atoms with van der Waals surface area (Å²) in [5, 5.41) is 0. The normalized spacial score (nSPS) is 11.3. The van der Waals surface area contributed by atoms with Crippen molar-refractivity contribution in [3.05, 3.63) is 51.6 Å². The van der Waals surface area contributed by atoms with Gasteiger partial charge in [-0.2, -0.15) is 0 Å². The Morgan fingerprint density at radius 2 is 1.74 bits per heavy atom. The average Bonchev–Trinajstić information content (AvgIpc) is 2.54. The Kier molecular flexibility index (Phi) is 6.25. The van der Waals surface area contributed by atoms with Crippen molar-refractivity contribution in [1.82, 2.24) is 4.72 Å². The summed E-state index contributed by atoms with van der Waals surface area (Å²) in [6.07, 6.45) is 0.504. The molecule has 0 amide bonds. The maximum atomic E-state index is 12.2. The molecule has 0 heterocycles. The minimum Gasteiger partial charge on any atom is -0.493 e. The lowest BCUT2D eigenvalue weighted by Crippen LogP contribution is -2.26. The van der Waals surface area contributed by atoms with Crippen molar-refractivity contribution < 1.29 is 17.9 Å². The van der Waals surface area contributed by atoms with Crippen LogP contribution >= 0.6 is 22.6 Å². The molecule has 0 saturated carbocycles. The van der Waals surface area contributed by atoms with E-state index in [2.05, 4.69) is 27.3 Å². The van der Waals surface area contributed by atoms with E-state index >= 15 is 0 Å². The van der Waals surface area contributed by atoms with Crippen LogP contribution in [0.15, 0.2) is 47.4 Å². The summed E-state index contributed by atoms with van der Waals surface area (Å²) in [5.41, 5.74) is 0.886. The van der Waals surface area contributed by atoms with Crippen molar-refractivity contribution in [3.63, 3.8) is 0 Å². The Labute approximate surface area is 150 Å². The van der Waals surface area contributed by atoms with Gasteiger partial charge in [0.1, 0.15) is 0 Å². The number of ether oxygens (including phenoxy) is 2. The Bertz CT molecular complexity index is 760. The molecule has 0 spiro atoms. The molecule has 7 heteroatoms. The number of halogens is 1. The minimum atomic E-state index is -3.51. The van der Waals surface area contributed by atoms with Crippen molar-refractivity contribution in [2.24, 2.45) is 0 Å². The van der Waals surface area contributed by atoms with Crippen LogP contribution in [-0.4, -0.2) is 29.2 Å². The number of hydrogen-bond acceptors (Lipinski definition) is 4. The summed E-state index contributed by atoms with van der Waals surface area (Å²) in [6, 6.07) is 12.3. The van der Waals surface area contributed by atoms with Gasteiger partial charge in [0.2, 0.25) is 10.0 Å². The van der Waals surface area contributed by atoms with E-state index in [0.717, 1.165) is 9.13 Å². The van der Waals surface area contributed by atoms with Crippen LogP contribution in [-0.2, 0) is 16.4 Å². The first-order valence-electron chi connectivity index (χ1n) is 6.93. The molecule has 0 unspecified atom stereocenters. The second kappa shape index (κ2) is 7.98. The molecule has 0 atom stereocenters. The molecular formula is C16H18INO4S. The fraction of sp³-hybridized carbons (Fsp3) is 0.250. The summed E-state index contributed by atoms with van der Waals surface area (Å²) < 4.78 is 38.7. The zero-order valence-electron chi connectivity index (χ0n) is 12.9. The van der Waals surface area contributed by atoms with Gasteiger partial charge in [-0.25, -0.2) is 13.1 Å². The Morgan fingerprint density at radius 1 is 1.04 bits per heavy atom. The highest BCUT2D eigenvalue weighted by molar-refractivity contribution is 14.1. The van der Waals surface area contributed by atoms with Crippen LogP contribution in [0.2, 0.25) is 0 Å². The molecule has 2 rings (SSSR count). The van der Waals surface area contributed by atoms with Crippen molar-refractivity contribution in [2.75, 3.05) is 20.8 Å². The van der Waals surface area contributed by atoms with Gasteiger partial charge in [-0.1, -0.05) is 12.1 Å². The van der Waals surface area contributed by atoms with Crippen LogP contribution in [0.4, 0.5) is 0 Å². The first-order chi connectivity index (χ1) is 11.0. The molecule has 0 aliphatic rings. The number of nitrogens with one attached hydrogen (secondary N) is 1. The Morgan fingerprint density at radius 3 is 2.35 bits per heavy atom. The second-order valence-electron chi connectivity index (χ2n) is 4.75. The molecule has 2 aromatic carbocycles. The monoisotopic (exact) mass is 447 g/mol. The molecule has 0 saturated heterocycles. The van der Waals surface area contributed by atoms with Crippen LogP contribution in [0, 0.1) is 3.57 Å². The second-order valence-corrected chi connectivity index (χ2v) is 7.77. The predicted molar refractivity (Wildman–Crippen MR) is 97.6 cm³/mol. The Balaban J connectivity index is 2.06. The van der Waals surface area contributed by atoms with Crippen LogP contribution < -0.4 is 14.2 Å². The molecule has 0 aliphatic carbocycles. The van der Waals surface area contributed by atoms with Crippen LogP contribution in [0.5, 0.6) is 11.5 Å². The van der Waals surface area contributed by atoms with E-state index in [9.17, 15) is 8.42 Å². The van der Waals surface area contributed by atoms with Crippen molar-refractivity contribution >= 4 is 32.6 Å². The van der Waals surface area contributed by atoms with E-state index in [4.69, 9.17) is 9.47 Å². The summed E-state index contributed by atoms with van der Waals surface area (Å²) in [5.74, 6) is 1.26. The smallest absolute Gasteiger partial charge is 0.240 e. The number of methoxy groups -OCH3 is 2. The van der Waals surface area contributed by atoms with Crippen LogP contribution in [0.25, 0.3) is 0 Å². The molecule has 0 fully saturated rings. The van der Waals surface area contributed by atoms with E-state index in [1.165, 1.54) is 0 Å². The molecule has 0 bridgehead atoms. The molecule has 0 radical (unpaired) electrons. The Hall–Kier alpha value is -1.32. The van der Waals surface area contributed by atoms with E-state index in [-0.39, 0.29) is 11.4 Å². The third-order valence-electron chi connectivity index (χ3n) is 3.29. The zero-order valence-corrected chi connectivity index (χ0v) is 15.8. The number of para-hydroxylation sites is 1. The van der Waals surface area contributed by atoms with E-state index in [0.29, 0.717) is 17.9 Å². The highest BCUT2D eigenvalue weighted by Crippen LogP contribution is 2.30. The average molecular weight is 447 g/mol. The maximum Gasteiger partial charge on any atom is 0.240 e. The largest absolute Gasteiger partial charge is 0.493 e. The van der Waals surface area contributed by atoms with Gasteiger partial charge in [0, 0.05) is 10.1 Å². The van der Waals surface area contributed by atoms with Gasteiger partial charge in [0.15, 0.2) is 11.5 Å². The topological polar surface area (TPSA) is 64.6 Å². The fourth-order valence-corrected chi connectivity index (χ4v) is 3.56. The molecule has 0 aliphatic heterocycles. The highest BCUT2D eigenvalue weighted by atomic mass is 127. The molecule has 5 nitrogen and oxygen atoms in total. The van der Waals surface area contributed by atoms with Gasteiger partial charge in [-0.05, 0) is 64.9 Å². The summed E-state index contributed by atoms with van der Waals surface area (Å²) in [4.78, 5) is 0.260. The van der Waals surface area contributed by atoms with Crippen molar-refractivity contribution in [1.29, 1.82) is 0 Å². The fourth-order valence-electron chi connectivity index (χ4n) is 2.17. The number of rotatable bonds is 7. The molecule has 2 aromatic rings. The quantitative estimate of drug-likeness (QED) is 0.664. The predicted octanol–water partition coefficient (Wildman–Crippen LogP) is 2.83. The lowest BCUT2D eigenvalue weighted by molar-refractivity contribution is 0.351. The minimum absolute atomic E-state index is 0.260. The van der Waals surface area contributed by atoms with Gasteiger partial charge in [-0.3, -0.25) is 0 Å². The zero-order chi connectivity index (χ0) is 16.9. The van der Waals surface area contributed by atoms with Gasteiger partial charge in [0.05, 0.1) is 19.1 Å². The molecule has 0 aromatic heterocycles. The van der Waals surface area contributed by atoms with Crippen molar-refractivity contribution in [2.45, 2.75) is 11.3 Å². The first kappa shape index (κ1) is 18.0. The highest BCUT2D eigenvalue weighted by Gasteiger charge is 2.14. The van der Waals surface area contributed by atoms with E-state index < -0.39 is 10.0 Å². The van der Waals surface area contributed by atoms with Gasteiger partial charge in [0.25, 0.3) is 0 Å². The van der Waals surface area contributed by atoms with Crippen molar-refractivity contribution in [3.8, 4) is 11.5 Å². The molecular weight excluding hydrogens is 429 g/mol. The van der Waals surface area contributed by atoms with Crippen LogP contribution in [0.3, 0.4) is 0 Å². The number of benzene rings is 2. The summed E-state index contributed by atoms with van der Waals surface area (Å²) in [6.45, 7) is 0.276. The lowest BCUT2D eigenvalue weighted by Gasteiger charge is -2.13.